The van der Waals surface area contributed by atoms with Gasteiger partial charge in [0.05, 0.1) is 0 Å². The minimum atomic E-state index is -0.563. The van der Waals surface area contributed by atoms with Crippen LogP contribution in [0.15, 0.2) is 0 Å². The van der Waals surface area contributed by atoms with Gasteiger partial charge in [0.25, 0.3) is 0 Å². The van der Waals surface area contributed by atoms with Gasteiger partial charge in [-0.25, -0.2) is 0 Å². The normalized spacial score (nSPS) is 23.7. The summed E-state index contributed by atoms with van der Waals surface area (Å²) in [7, 11) is 0. The number of hydrogen-bond donors (Lipinski definition) is 0. The van der Waals surface area contributed by atoms with Crippen molar-refractivity contribution in [3.63, 3.8) is 0 Å². The van der Waals surface area contributed by atoms with Crippen LogP contribution in [0.4, 0.5) is 0 Å². The summed E-state index contributed by atoms with van der Waals surface area (Å²) in [6, 6.07) is 0. The van der Waals surface area contributed by atoms with E-state index in [4.69, 9.17) is 15.9 Å². The highest BCUT2D eigenvalue weighted by Crippen LogP contribution is 2.22. The van der Waals surface area contributed by atoms with Crippen LogP contribution in [0.2, 0.25) is 0 Å². The van der Waals surface area contributed by atoms with E-state index < -0.39 is 5.60 Å². The third-order valence-electron chi connectivity index (χ3n) is 2.50. The maximum Gasteiger partial charge on any atom is 0.159 e. The third-order valence-corrected chi connectivity index (χ3v) is 2.50. The molecule has 1 heterocycles. The molecule has 88 valence electrons. The molecule has 2 unspecified atom stereocenters. The largest absolute Gasteiger partial charge is 0.353 e. The van der Waals surface area contributed by atoms with Crippen LogP contribution in [-0.4, -0.2) is 18.5 Å². The highest BCUT2D eigenvalue weighted by Gasteiger charge is 2.27. The zero-order chi connectivity index (χ0) is 11.9. The topological polar surface area (TPSA) is 18.5 Å². The lowest BCUT2D eigenvalue weighted by atomic mass is 10.0. The molecule has 0 aromatic rings. The van der Waals surface area contributed by atoms with Gasteiger partial charge in [-0.2, -0.15) is 0 Å². The maximum absolute atomic E-state index is 5.88. The van der Waals surface area contributed by atoms with E-state index in [0.717, 1.165) is 32.3 Å². The van der Waals surface area contributed by atoms with Crippen LogP contribution in [0.5, 0.6) is 0 Å². The minimum Gasteiger partial charge on any atom is -0.353 e. The average molecular weight is 220 g/mol. The first-order valence-electron chi connectivity index (χ1n) is 5.93. The SMILES string of the molecule is C#CCC(C)(C#CCC)OC1CCCCO1. The van der Waals surface area contributed by atoms with Crippen molar-refractivity contribution in [1.29, 1.82) is 0 Å². The van der Waals surface area contributed by atoms with Gasteiger partial charge in [0.2, 0.25) is 0 Å². The third kappa shape index (κ3) is 4.27. The molecule has 0 radical (unpaired) electrons. The van der Waals surface area contributed by atoms with Crippen molar-refractivity contribution in [2.75, 3.05) is 6.61 Å². The van der Waals surface area contributed by atoms with E-state index in [-0.39, 0.29) is 6.29 Å². The Kier molecular flexibility index (Phi) is 5.39. The van der Waals surface area contributed by atoms with Gasteiger partial charge in [0.15, 0.2) is 6.29 Å². The smallest absolute Gasteiger partial charge is 0.159 e. The van der Waals surface area contributed by atoms with Gasteiger partial charge in [-0.05, 0) is 26.2 Å². The quantitative estimate of drug-likeness (QED) is 0.681. The highest BCUT2D eigenvalue weighted by molar-refractivity contribution is 5.16. The molecule has 0 amide bonds. The average Bonchev–Trinajstić information content (AvgIpc) is 2.28. The van der Waals surface area contributed by atoms with E-state index in [1.165, 1.54) is 0 Å². The van der Waals surface area contributed by atoms with Crippen LogP contribution < -0.4 is 0 Å². The van der Waals surface area contributed by atoms with Gasteiger partial charge in [-0.3, -0.25) is 0 Å². The predicted octanol–water partition coefficient (Wildman–Crippen LogP) is 2.73. The number of terminal acetylenes is 1. The van der Waals surface area contributed by atoms with Crippen LogP contribution in [-0.2, 0) is 9.47 Å². The maximum atomic E-state index is 5.88. The van der Waals surface area contributed by atoms with Crippen molar-refractivity contribution in [3.05, 3.63) is 0 Å². The summed E-state index contributed by atoms with van der Waals surface area (Å²) in [5.41, 5.74) is -0.563. The van der Waals surface area contributed by atoms with Crippen LogP contribution in [0.25, 0.3) is 0 Å². The van der Waals surface area contributed by atoms with E-state index in [1.54, 1.807) is 0 Å². The van der Waals surface area contributed by atoms with Gasteiger partial charge >= 0.3 is 0 Å². The molecule has 0 spiro atoms. The molecule has 0 aromatic carbocycles. The van der Waals surface area contributed by atoms with Gasteiger partial charge in [0, 0.05) is 19.4 Å². The Morgan fingerprint density at radius 1 is 1.50 bits per heavy atom. The summed E-state index contributed by atoms with van der Waals surface area (Å²) >= 11 is 0. The molecule has 2 nitrogen and oxygen atoms in total. The Balaban J connectivity index is 2.58. The van der Waals surface area contributed by atoms with E-state index in [0.29, 0.717) is 6.42 Å². The Hall–Kier alpha value is -0.960. The molecule has 1 fully saturated rings. The van der Waals surface area contributed by atoms with Gasteiger partial charge in [0.1, 0.15) is 5.60 Å². The second-order valence-electron chi connectivity index (χ2n) is 4.18. The highest BCUT2D eigenvalue weighted by atomic mass is 16.7. The van der Waals surface area contributed by atoms with Crippen LogP contribution >= 0.6 is 0 Å². The number of ether oxygens (including phenoxy) is 2. The van der Waals surface area contributed by atoms with Crippen LogP contribution in [0.1, 0.15) is 46.0 Å². The molecule has 16 heavy (non-hydrogen) atoms. The van der Waals surface area contributed by atoms with E-state index >= 15 is 0 Å². The molecule has 1 aliphatic heterocycles. The van der Waals surface area contributed by atoms with Crippen molar-refractivity contribution >= 4 is 0 Å². The molecule has 1 saturated heterocycles. The van der Waals surface area contributed by atoms with Crippen molar-refractivity contribution < 1.29 is 9.47 Å². The molecule has 2 heteroatoms. The van der Waals surface area contributed by atoms with Gasteiger partial charge in [-0.1, -0.05) is 12.8 Å². The second kappa shape index (κ2) is 6.59. The molecular weight excluding hydrogens is 200 g/mol. The van der Waals surface area contributed by atoms with E-state index in [1.807, 2.05) is 13.8 Å². The molecule has 0 bridgehead atoms. The summed E-state index contributed by atoms with van der Waals surface area (Å²) in [6.45, 7) is 4.73. The monoisotopic (exact) mass is 220 g/mol. The summed E-state index contributed by atoms with van der Waals surface area (Å²) in [6.07, 6.45) is 9.73. The fourth-order valence-electron chi connectivity index (χ4n) is 1.68. The summed E-state index contributed by atoms with van der Waals surface area (Å²) in [5.74, 6) is 8.76. The molecule has 0 aliphatic carbocycles. The predicted molar refractivity (Wildman–Crippen MR) is 64.6 cm³/mol. The van der Waals surface area contributed by atoms with Crippen molar-refractivity contribution in [2.45, 2.75) is 57.8 Å². The first-order chi connectivity index (χ1) is 7.70. The first kappa shape index (κ1) is 13.1. The lowest BCUT2D eigenvalue weighted by molar-refractivity contribution is -0.202. The Morgan fingerprint density at radius 3 is 2.88 bits per heavy atom. The van der Waals surface area contributed by atoms with Crippen LogP contribution in [0.3, 0.4) is 0 Å². The molecule has 1 aliphatic rings. The summed E-state index contributed by atoms with van der Waals surface area (Å²) < 4.78 is 11.4. The molecule has 1 rings (SSSR count). The van der Waals surface area contributed by atoms with Gasteiger partial charge < -0.3 is 9.47 Å². The Labute approximate surface area is 98.7 Å². The van der Waals surface area contributed by atoms with Gasteiger partial charge in [-0.15, -0.1) is 18.3 Å². The fourth-order valence-corrected chi connectivity index (χ4v) is 1.68. The number of rotatable bonds is 3. The minimum absolute atomic E-state index is 0.141. The molecule has 2 atom stereocenters. The lowest BCUT2D eigenvalue weighted by Crippen LogP contribution is -2.35. The first-order valence-corrected chi connectivity index (χ1v) is 5.93. The Bertz CT molecular complexity index is 299. The fraction of sp³-hybridized carbons (Fsp3) is 0.714. The van der Waals surface area contributed by atoms with Crippen LogP contribution in [0, 0.1) is 24.2 Å². The molecule has 0 saturated carbocycles. The van der Waals surface area contributed by atoms with Crippen molar-refractivity contribution in [1.82, 2.24) is 0 Å². The number of hydrogen-bond acceptors (Lipinski definition) is 2. The lowest BCUT2D eigenvalue weighted by Gasteiger charge is -2.30. The standard InChI is InChI=1S/C14H20O2/c1-4-6-11-14(3,10-5-2)16-13-9-7-8-12-15-13/h2,13H,4,7-10,12H2,1,3H3. The zero-order valence-corrected chi connectivity index (χ0v) is 10.2. The zero-order valence-electron chi connectivity index (χ0n) is 10.2. The van der Waals surface area contributed by atoms with Crippen molar-refractivity contribution in [2.24, 2.45) is 0 Å². The van der Waals surface area contributed by atoms with Crippen molar-refractivity contribution in [3.8, 4) is 24.2 Å². The summed E-state index contributed by atoms with van der Waals surface area (Å²) in [5, 5.41) is 0. The Morgan fingerprint density at radius 2 is 2.31 bits per heavy atom. The molecule has 0 aromatic heterocycles. The van der Waals surface area contributed by atoms with E-state index in [9.17, 15) is 0 Å². The summed E-state index contributed by atoms with van der Waals surface area (Å²) in [4.78, 5) is 0. The second-order valence-corrected chi connectivity index (χ2v) is 4.18. The molecule has 0 N–H and O–H groups in total. The molecular formula is C14H20O2. The van der Waals surface area contributed by atoms with E-state index in [2.05, 4.69) is 17.8 Å².